The molecule has 38 heavy (non-hydrogen) atoms. The molecular formula is C31H36N2O5. The van der Waals surface area contributed by atoms with Gasteiger partial charge in [0.05, 0.1) is 32.4 Å². The van der Waals surface area contributed by atoms with Crippen LogP contribution in [-0.2, 0) is 4.79 Å². The number of aliphatic hydroxyl groups excluding tert-OH is 1. The summed E-state index contributed by atoms with van der Waals surface area (Å²) in [6, 6.07) is 15.3. The van der Waals surface area contributed by atoms with Gasteiger partial charge in [0, 0.05) is 30.1 Å². The van der Waals surface area contributed by atoms with Crippen molar-refractivity contribution in [3.63, 3.8) is 0 Å². The average molecular weight is 517 g/mol. The fourth-order valence-corrected chi connectivity index (χ4v) is 5.36. The van der Waals surface area contributed by atoms with Crippen molar-refractivity contribution in [2.45, 2.75) is 38.2 Å². The molecular weight excluding hydrogens is 480 g/mol. The molecule has 0 radical (unpaired) electrons. The lowest BCUT2D eigenvalue weighted by molar-refractivity contribution is -0.137. The molecule has 3 aromatic rings. The SMILES string of the molecule is COc1cccc(C#CCN2CC[C@@H](CCC(O)c3ccnc4ccc(OC)cc34)[C@@H](CCC(=O)O)C2)c1. The number of rotatable bonds is 10. The lowest BCUT2D eigenvalue weighted by Gasteiger charge is -2.38. The molecule has 0 bridgehead atoms. The van der Waals surface area contributed by atoms with Crippen LogP contribution < -0.4 is 9.47 Å². The fourth-order valence-electron chi connectivity index (χ4n) is 5.36. The Morgan fingerprint density at radius 1 is 1.11 bits per heavy atom. The van der Waals surface area contributed by atoms with Crippen molar-refractivity contribution >= 4 is 16.9 Å². The number of aliphatic carboxylic acids is 1. The molecule has 7 nitrogen and oxygen atoms in total. The topological polar surface area (TPSA) is 92.1 Å². The maximum atomic E-state index is 11.3. The quantitative estimate of drug-likeness (QED) is 0.370. The summed E-state index contributed by atoms with van der Waals surface area (Å²) in [5.74, 6) is 7.83. The van der Waals surface area contributed by atoms with E-state index in [1.54, 1.807) is 20.4 Å². The molecule has 1 saturated heterocycles. The van der Waals surface area contributed by atoms with Gasteiger partial charge in [0.1, 0.15) is 11.5 Å². The third-order valence-corrected chi connectivity index (χ3v) is 7.46. The summed E-state index contributed by atoms with van der Waals surface area (Å²) in [5, 5.41) is 21.3. The molecule has 0 aliphatic carbocycles. The molecule has 3 atom stereocenters. The van der Waals surface area contributed by atoms with Crippen LogP contribution in [-0.4, -0.2) is 59.9 Å². The van der Waals surface area contributed by atoms with Gasteiger partial charge in [-0.15, -0.1) is 0 Å². The Hall–Kier alpha value is -3.60. The van der Waals surface area contributed by atoms with Crippen molar-refractivity contribution in [1.29, 1.82) is 0 Å². The summed E-state index contributed by atoms with van der Waals surface area (Å²) >= 11 is 0. The van der Waals surface area contributed by atoms with Gasteiger partial charge in [0.2, 0.25) is 0 Å². The Morgan fingerprint density at radius 2 is 1.92 bits per heavy atom. The van der Waals surface area contributed by atoms with E-state index in [1.807, 2.05) is 48.5 Å². The number of methoxy groups -OCH3 is 2. The number of hydrogen-bond acceptors (Lipinski definition) is 6. The van der Waals surface area contributed by atoms with E-state index >= 15 is 0 Å². The first-order valence-electron chi connectivity index (χ1n) is 13.1. The van der Waals surface area contributed by atoms with E-state index in [-0.39, 0.29) is 12.3 Å². The second-order valence-electron chi connectivity index (χ2n) is 9.89. The highest BCUT2D eigenvalue weighted by atomic mass is 16.5. The van der Waals surface area contributed by atoms with Crippen molar-refractivity contribution in [3.05, 3.63) is 65.9 Å². The average Bonchev–Trinajstić information content (AvgIpc) is 2.94. The molecule has 2 aromatic carbocycles. The molecule has 1 unspecified atom stereocenters. The minimum absolute atomic E-state index is 0.155. The Labute approximate surface area is 224 Å². The molecule has 1 aliphatic rings. The lowest BCUT2D eigenvalue weighted by Crippen LogP contribution is -2.41. The predicted octanol–water partition coefficient (Wildman–Crippen LogP) is 4.92. The lowest BCUT2D eigenvalue weighted by atomic mass is 9.79. The van der Waals surface area contributed by atoms with Crippen LogP contribution in [0.2, 0.25) is 0 Å². The Kier molecular flexibility index (Phi) is 9.58. The van der Waals surface area contributed by atoms with Crippen LogP contribution in [0, 0.1) is 23.7 Å². The van der Waals surface area contributed by atoms with Gasteiger partial charge < -0.3 is 19.7 Å². The zero-order chi connectivity index (χ0) is 26.9. The standard InChI is InChI=1S/C31H36N2O5/c1-37-25-7-3-5-22(19-25)6-4-17-33-18-15-23(24(21-33)9-13-31(35)36)8-12-30(34)27-14-16-32-29-11-10-26(38-2)20-28(27)29/h3,5,7,10-11,14,16,19-20,23-24,30,34H,8-9,12-13,15,17-18,21H2,1-2H3,(H,35,36)/t23-,24+,30?/m1/s1. The zero-order valence-electron chi connectivity index (χ0n) is 22.1. The Balaban J connectivity index is 1.39. The second-order valence-corrected chi connectivity index (χ2v) is 9.89. The summed E-state index contributed by atoms with van der Waals surface area (Å²) in [4.78, 5) is 18.1. The predicted molar refractivity (Wildman–Crippen MR) is 147 cm³/mol. The van der Waals surface area contributed by atoms with Crippen molar-refractivity contribution < 1.29 is 24.5 Å². The van der Waals surface area contributed by atoms with Gasteiger partial charge in [-0.25, -0.2) is 0 Å². The second kappa shape index (κ2) is 13.3. The number of benzene rings is 2. The van der Waals surface area contributed by atoms with Gasteiger partial charge in [-0.1, -0.05) is 17.9 Å². The summed E-state index contributed by atoms with van der Waals surface area (Å²) < 4.78 is 10.6. The van der Waals surface area contributed by atoms with E-state index in [0.29, 0.717) is 25.3 Å². The van der Waals surface area contributed by atoms with Crippen LogP contribution >= 0.6 is 0 Å². The molecule has 1 aromatic heterocycles. The van der Waals surface area contributed by atoms with Crippen molar-refractivity contribution in [2.24, 2.45) is 11.8 Å². The summed E-state index contributed by atoms with van der Waals surface area (Å²) in [7, 11) is 3.27. The molecule has 2 N–H and O–H groups in total. The van der Waals surface area contributed by atoms with E-state index in [0.717, 1.165) is 59.5 Å². The highest BCUT2D eigenvalue weighted by Crippen LogP contribution is 2.35. The number of nitrogens with zero attached hydrogens (tertiary/aromatic N) is 2. The van der Waals surface area contributed by atoms with Gasteiger partial charge >= 0.3 is 5.97 Å². The number of aliphatic hydroxyl groups is 1. The smallest absolute Gasteiger partial charge is 0.303 e. The van der Waals surface area contributed by atoms with Crippen LogP contribution in [0.15, 0.2) is 54.7 Å². The van der Waals surface area contributed by atoms with Crippen LogP contribution in [0.4, 0.5) is 0 Å². The molecule has 200 valence electrons. The molecule has 0 amide bonds. The van der Waals surface area contributed by atoms with Gasteiger partial charge in [0.15, 0.2) is 0 Å². The minimum atomic E-state index is -0.768. The number of fused-ring (bicyclic) bond motifs is 1. The largest absolute Gasteiger partial charge is 0.497 e. The van der Waals surface area contributed by atoms with Gasteiger partial charge in [0.25, 0.3) is 0 Å². The van der Waals surface area contributed by atoms with E-state index in [2.05, 4.69) is 21.7 Å². The number of piperidine rings is 1. The monoisotopic (exact) mass is 516 g/mol. The van der Waals surface area contributed by atoms with Gasteiger partial charge in [-0.05, 0) is 92.1 Å². The maximum Gasteiger partial charge on any atom is 0.303 e. The normalized spacial score (nSPS) is 18.4. The van der Waals surface area contributed by atoms with Crippen LogP contribution in [0.5, 0.6) is 11.5 Å². The van der Waals surface area contributed by atoms with Crippen molar-refractivity contribution in [1.82, 2.24) is 9.88 Å². The number of carboxylic acids is 1. The number of carboxylic acid groups (broad SMARTS) is 1. The number of hydrogen-bond donors (Lipinski definition) is 2. The van der Waals surface area contributed by atoms with E-state index in [1.165, 1.54) is 0 Å². The molecule has 2 heterocycles. The third-order valence-electron chi connectivity index (χ3n) is 7.46. The first kappa shape index (κ1) is 27.4. The molecule has 7 heteroatoms. The summed E-state index contributed by atoms with van der Waals surface area (Å²) in [5.41, 5.74) is 2.59. The number of aromatic nitrogens is 1. The fraction of sp³-hybridized carbons (Fsp3) is 0.419. The summed E-state index contributed by atoms with van der Waals surface area (Å²) in [6.45, 7) is 2.36. The summed E-state index contributed by atoms with van der Waals surface area (Å²) in [6.07, 6.45) is 4.30. The zero-order valence-corrected chi connectivity index (χ0v) is 22.1. The Morgan fingerprint density at radius 3 is 2.71 bits per heavy atom. The highest BCUT2D eigenvalue weighted by Gasteiger charge is 2.30. The van der Waals surface area contributed by atoms with E-state index < -0.39 is 12.1 Å². The van der Waals surface area contributed by atoms with Crippen LogP contribution in [0.25, 0.3) is 10.9 Å². The first-order chi connectivity index (χ1) is 18.5. The molecule has 0 spiro atoms. The number of carbonyl (C=O) groups is 1. The van der Waals surface area contributed by atoms with Crippen molar-refractivity contribution in [2.75, 3.05) is 33.9 Å². The van der Waals surface area contributed by atoms with E-state index in [4.69, 9.17) is 9.47 Å². The molecule has 4 rings (SSSR count). The first-order valence-corrected chi connectivity index (χ1v) is 13.1. The molecule has 1 fully saturated rings. The molecule has 0 saturated carbocycles. The van der Waals surface area contributed by atoms with Crippen molar-refractivity contribution in [3.8, 4) is 23.3 Å². The highest BCUT2D eigenvalue weighted by molar-refractivity contribution is 5.83. The minimum Gasteiger partial charge on any atom is -0.497 e. The van der Waals surface area contributed by atoms with Gasteiger partial charge in [-0.3, -0.25) is 14.7 Å². The van der Waals surface area contributed by atoms with Crippen LogP contribution in [0.3, 0.4) is 0 Å². The number of likely N-dealkylation sites (tertiary alicyclic amines) is 1. The number of ether oxygens (including phenoxy) is 2. The molecule has 1 aliphatic heterocycles. The van der Waals surface area contributed by atoms with Crippen LogP contribution in [0.1, 0.15) is 49.3 Å². The number of pyridine rings is 1. The van der Waals surface area contributed by atoms with Gasteiger partial charge in [-0.2, -0.15) is 0 Å². The van der Waals surface area contributed by atoms with E-state index in [9.17, 15) is 15.0 Å². The third kappa shape index (κ3) is 7.25. The Bertz CT molecular complexity index is 1300. The maximum absolute atomic E-state index is 11.3.